The number of likely N-dealkylation sites (tertiary alicyclic amines) is 1. The first-order valence-electron chi connectivity index (χ1n) is 13.5. The average Bonchev–Trinajstić information content (AvgIpc) is 3.47. The molecule has 8 heteroatoms. The van der Waals surface area contributed by atoms with Gasteiger partial charge in [0.1, 0.15) is 11.8 Å². The molecule has 7 nitrogen and oxygen atoms in total. The minimum atomic E-state index is -3.36. The second kappa shape index (κ2) is 11.2. The van der Waals surface area contributed by atoms with Gasteiger partial charge in [-0.3, -0.25) is 4.72 Å². The van der Waals surface area contributed by atoms with E-state index in [1.165, 1.54) is 32.4 Å². The van der Waals surface area contributed by atoms with E-state index in [2.05, 4.69) is 26.3 Å². The van der Waals surface area contributed by atoms with Crippen LogP contribution < -0.4 is 9.46 Å². The van der Waals surface area contributed by atoms with Gasteiger partial charge in [0, 0.05) is 29.7 Å². The normalized spacial score (nSPS) is 16.5. The van der Waals surface area contributed by atoms with Crippen molar-refractivity contribution in [1.29, 1.82) is 5.26 Å². The Hall–Kier alpha value is -3.02. The molecule has 2 aliphatic rings. The first-order valence-corrected chi connectivity index (χ1v) is 15.2. The third kappa shape index (κ3) is 5.63. The summed E-state index contributed by atoms with van der Waals surface area (Å²) in [7, 11) is -3.36. The largest absolute Gasteiger partial charge is 0.493 e. The molecule has 0 spiro atoms. The van der Waals surface area contributed by atoms with E-state index in [1.807, 2.05) is 31.2 Å². The van der Waals surface area contributed by atoms with E-state index in [4.69, 9.17) is 4.74 Å². The molecule has 37 heavy (non-hydrogen) atoms. The van der Waals surface area contributed by atoms with Gasteiger partial charge < -0.3 is 14.2 Å². The summed E-state index contributed by atoms with van der Waals surface area (Å²) in [5.74, 6) is 0.926. The number of aromatic nitrogens is 1. The highest BCUT2D eigenvalue weighted by Gasteiger charge is 2.28. The van der Waals surface area contributed by atoms with Gasteiger partial charge in [0.2, 0.25) is 10.0 Å². The van der Waals surface area contributed by atoms with Crippen molar-refractivity contribution in [3.63, 3.8) is 0 Å². The van der Waals surface area contributed by atoms with Crippen LogP contribution in [0.25, 0.3) is 22.2 Å². The number of fused-ring (bicyclic) bond motifs is 1. The Morgan fingerprint density at radius 1 is 1.08 bits per heavy atom. The number of nitrogens with one attached hydrogen (secondary N) is 1. The minimum Gasteiger partial charge on any atom is -0.493 e. The molecular weight excluding hydrogens is 484 g/mol. The Kier molecular flexibility index (Phi) is 7.73. The highest BCUT2D eigenvalue weighted by atomic mass is 32.2. The van der Waals surface area contributed by atoms with Crippen molar-refractivity contribution in [2.45, 2.75) is 57.9 Å². The van der Waals surface area contributed by atoms with Gasteiger partial charge in [-0.1, -0.05) is 19.1 Å². The summed E-state index contributed by atoms with van der Waals surface area (Å²) in [5.41, 5.74) is 4.02. The smallest absolute Gasteiger partial charge is 0.232 e. The van der Waals surface area contributed by atoms with Crippen LogP contribution in [-0.2, 0) is 10.0 Å². The van der Waals surface area contributed by atoms with Gasteiger partial charge >= 0.3 is 0 Å². The molecule has 0 atom stereocenters. The monoisotopic (exact) mass is 520 g/mol. The summed E-state index contributed by atoms with van der Waals surface area (Å²) >= 11 is 0. The van der Waals surface area contributed by atoms with Gasteiger partial charge in [-0.2, -0.15) is 5.26 Å². The van der Waals surface area contributed by atoms with E-state index >= 15 is 0 Å². The summed E-state index contributed by atoms with van der Waals surface area (Å²) in [4.78, 5) is 2.50. The number of benzene rings is 2. The van der Waals surface area contributed by atoms with Crippen molar-refractivity contribution in [3.05, 3.63) is 48.0 Å². The van der Waals surface area contributed by atoms with E-state index < -0.39 is 10.0 Å². The van der Waals surface area contributed by atoms with E-state index in [0.717, 1.165) is 53.7 Å². The molecule has 0 radical (unpaired) electrons. The highest BCUT2D eigenvalue weighted by Crippen LogP contribution is 2.43. The number of ether oxygens (including phenoxy) is 1. The molecule has 3 aromatic rings. The molecule has 1 saturated carbocycles. The van der Waals surface area contributed by atoms with Crippen molar-refractivity contribution >= 4 is 26.6 Å². The van der Waals surface area contributed by atoms with Crippen LogP contribution in [0.5, 0.6) is 5.75 Å². The van der Waals surface area contributed by atoms with Gasteiger partial charge in [-0.25, -0.2) is 8.42 Å². The maximum Gasteiger partial charge on any atom is 0.232 e. The maximum absolute atomic E-state index is 12.2. The minimum absolute atomic E-state index is 0.0892. The number of hydrogen-bond donors (Lipinski definition) is 1. The molecule has 1 aromatic heterocycles. The lowest BCUT2D eigenvalue weighted by atomic mass is 9.92. The molecule has 0 amide bonds. The molecule has 2 aromatic carbocycles. The third-order valence-corrected chi connectivity index (χ3v) is 9.01. The van der Waals surface area contributed by atoms with Crippen LogP contribution in [0, 0.1) is 11.3 Å². The lowest BCUT2D eigenvalue weighted by molar-refractivity contribution is 0.263. The molecule has 5 rings (SSSR count). The molecule has 1 aliphatic carbocycles. The number of sulfonamides is 1. The fraction of sp³-hybridized carbons (Fsp3) is 0.483. The summed E-state index contributed by atoms with van der Waals surface area (Å²) < 4.78 is 35.5. The molecule has 1 aliphatic heterocycles. The fourth-order valence-electron chi connectivity index (χ4n) is 5.48. The second-order valence-corrected chi connectivity index (χ2v) is 12.1. The Bertz CT molecular complexity index is 1380. The molecule has 1 N–H and O–H groups in total. The first kappa shape index (κ1) is 25.6. The zero-order valence-corrected chi connectivity index (χ0v) is 22.4. The van der Waals surface area contributed by atoms with Gasteiger partial charge in [0.25, 0.3) is 0 Å². The molecule has 0 bridgehead atoms. The third-order valence-electron chi connectivity index (χ3n) is 7.52. The van der Waals surface area contributed by atoms with Gasteiger partial charge in [-0.05, 0) is 87.9 Å². The maximum atomic E-state index is 12.2. The van der Waals surface area contributed by atoms with Crippen LogP contribution >= 0.6 is 0 Å². The summed E-state index contributed by atoms with van der Waals surface area (Å²) in [6, 6.07) is 16.2. The topological polar surface area (TPSA) is 87.4 Å². The van der Waals surface area contributed by atoms with E-state index in [-0.39, 0.29) is 5.75 Å². The predicted octanol–water partition coefficient (Wildman–Crippen LogP) is 5.92. The van der Waals surface area contributed by atoms with E-state index in [9.17, 15) is 13.7 Å². The zero-order chi connectivity index (χ0) is 25.8. The second-order valence-electron chi connectivity index (χ2n) is 10.2. The van der Waals surface area contributed by atoms with Gasteiger partial charge in [-0.15, -0.1) is 0 Å². The van der Waals surface area contributed by atoms with Crippen LogP contribution in [0.3, 0.4) is 0 Å². The molecule has 1 saturated heterocycles. The summed E-state index contributed by atoms with van der Waals surface area (Å²) in [6.45, 7) is 6.00. The van der Waals surface area contributed by atoms with Crippen LogP contribution in [-0.4, -0.2) is 49.9 Å². The predicted molar refractivity (Wildman–Crippen MR) is 148 cm³/mol. The quantitative estimate of drug-likeness (QED) is 0.317. The summed E-state index contributed by atoms with van der Waals surface area (Å²) in [5, 5.41) is 11.1. The van der Waals surface area contributed by atoms with Crippen molar-refractivity contribution in [2.75, 3.05) is 36.7 Å². The van der Waals surface area contributed by atoms with Crippen molar-refractivity contribution in [2.24, 2.45) is 0 Å². The fourth-order valence-corrected chi connectivity index (χ4v) is 6.62. The van der Waals surface area contributed by atoms with Crippen molar-refractivity contribution in [1.82, 2.24) is 9.47 Å². The summed E-state index contributed by atoms with van der Waals surface area (Å²) in [6.07, 6.45) is 7.51. The zero-order valence-electron chi connectivity index (χ0n) is 21.6. The Morgan fingerprint density at radius 2 is 1.84 bits per heavy atom. The number of hydrogen-bond acceptors (Lipinski definition) is 5. The van der Waals surface area contributed by atoms with E-state index in [1.54, 1.807) is 12.1 Å². The first-order chi connectivity index (χ1) is 18.0. The van der Waals surface area contributed by atoms with Gasteiger partial charge in [0.05, 0.1) is 29.1 Å². The van der Waals surface area contributed by atoms with Crippen molar-refractivity contribution in [3.8, 4) is 23.1 Å². The number of rotatable bonds is 11. The number of nitrogens with zero attached hydrogens (tertiary/aromatic N) is 3. The van der Waals surface area contributed by atoms with Crippen LogP contribution in [0.4, 0.5) is 5.69 Å². The SMILES string of the molecule is CCCS(=O)(=O)Nc1ccc(-c2c(C#N)c3ccc(OCCCN4CCCC4)cc3n2C2CCC2)cc1. The standard InChI is InChI=1S/C29H36N4O3S/c1-2-19-37(34,35)31-23-11-9-22(10-12-23)29-27(21-30)26-14-13-25(20-28(26)33(29)24-7-5-8-24)36-18-6-17-32-15-3-4-16-32/h9-14,20,24,31H,2-8,15-19H2,1H3. The molecule has 0 unspecified atom stereocenters. The lowest BCUT2D eigenvalue weighted by Gasteiger charge is -2.30. The Morgan fingerprint density at radius 3 is 2.49 bits per heavy atom. The average molecular weight is 521 g/mol. The highest BCUT2D eigenvalue weighted by molar-refractivity contribution is 7.92. The molecule has 2 heterocycles. The number of anilines is 1. The lowest BCUT2D eigenvalue weighted by Crippen LogP contribution is -2.21. The molecular formula is C29H36N4O3S. The Labute approximate surface area is 220 Å². The van der Waals surface area contributed by atoms with Crippen LogP contribution in [0.15, 0.2) is 42.5 Å². The Balaban J connectivity index is 1.43. The number of nitriles is 1. The van der Waals surface area contributed by atoms with Crippen LogP contribution in [0.2, 0.25) is 0 Å². The molecule has 196 valence electrons. The molecule has 2 fully saturated rings. The van der Waals surface area contributed by atoms with Crippen molar-refractivity contribution < 1.29 is 13.2 Å². The van der Waals surface area contributed by atoms with E-state index in [0.29, 0.717) is 30.3 Å². The van der Waals surface area contributed by atoms with Gasteiger partial charge in [0.15, 0.2) is 0 Å². The van der Waals surface area contributed by atoms with Crippen LogP contribution in [0.1, 0.15) is 63.5 Å².